The summed E-state index contributed by atoms with van der Waals surface area (Å²) in [7, 11) is 1.49. The van der Waals surface area contributed by atoms with Crippen LogP contribution in [0.25, 0.3) is 11.2 Å². The molecule has 2 aromatic carbocycles. The summed E-state index contributed by atoms with van der Waals surface area (Å²) < 4.78 is 13.5. The molecule has 11 nitrogen and oxygen atoms in total. The molecule has 4 atom stereocenters. The first-order valence-electron chi connectivity index (χ1n) is 11.9. The van der Waals surface area contributed by atoms with Crippen LogP contribution in [0.5, 0.6) is 5.75 Å². The number of aliphatic hydroxyl groups is 1. The fourth-order valence-electron chi connectivity index (χ4n) is 4.37. The van der Waals surface area contributed by atoms with E-state index in [-0.39, 0.29) is 0 Å². The summed E-state index contributed by atoms with van der Waals surface area (Å²) in [6.07, 6.45) is -0.123. The topological polar surface area (TPSA) is 149 Å². The van der Waals surface area contributed by atoms with E-state index in [4.69, 9.17) is 15.2 Å². The van der Waals surface area contributed by atoms with Gasteiger partial charge in [-0.05, 0) is 18.6 Å². The van der Waals surface area contributed by atoms with Crippen LogP contribution in [0.1, 0.15) is 22.9 Å². The van der Waals surface area contributed by atoms with Crippen LogP contribution in [-0.4, -0.2) is 55.8 Å². The van der Waals surface area contributed by atoms with E-state index in [9.17, 15) is 9.90 Å². The van der Waals surface area contributed by atoms with Crippen molar-refractivity contribution in [1.29, 1.82) is 0 Å². The maximum atomic E-state index is 12.1. The quantitative estimate of drug-likeness (QED) is 0.281. The van der Waals surface area contributed by atoms with Crippen molar-refractivity contribution >= 4 is 22.9 Å². The molecule has 3 heterocycles. The number of nitrogens with one attached hydrogen (secondary N) is 2. The number of imidazole rings is 1. The Bertz CT molecular complexity index is 1390. The van der Waals surface area contributed by atoms with Crippen molar-refractivity contribution in [3.05, 3.63) is 77.9 Å². The summed E-state index contributed by atoms with van der Waals surface area (Å²) in [5.74, 6) is 0.882. The summed E-state index contributed by atoms with van der Waals surface area (Å²) in [6.45, 7) is 2.93. The van der Waals surface area contributed by atoms with Gasteiger partial charge in [0.05, 0.1) is 12.4 Å². The first kappa shape index (κ1) is 24.6. The molecule has 0 saturated carbocycles. The maximum Gasteiger partial charge on any atom is 0.250 e. The molecule has 5 N–H and O–H groups in total. The number of carbonyl (C=O) groups excluding carboxylic acids is 1. The molecule has 0 radical (unpaired) electrons. The Balaban J connectivity index is 1.35. The molecule has 1 fully saturated rings. The minimum absolute atomic E-state index is 0.404. The van der Waals surface area contributed by atoms with Crippen molar-refractivity contribution in [3.63, 3.8) is 0 Å². The van der Waals surface area contributed by atoms with Gasteiger partial charge in [0.15, 0.2) is 29.3 Å². The second-order valence-electron chi connectivity index (χ2n) is 8.91. The molecule has 5 rings (SSSR count). The smallest absolute Gasteiger partial charge is 0.250 e. The van der Waals surface area contributed by atoms with Gasteiger partial charge in [-0.2, -0.15) is 0 Å². The standard InChI is InChI=1S/C26H29N7O4/c1-15-8-9-18(36-12-16-6-4-3-5-7-16)17(10-15)11-29-23-20-24(31-13-30-23)33(14-32-20)26-21(34)19(27)22(37-26)25(35)28-2/h3-10,13-14,19,21-22,26,34H,11-12,27H2,1-2H3,(H,28,35)(H,29,30,31)/t19-,21+,22-,26+/m0/s1. The number of hydrogen-bond donors (Lipinski definition) is 4. The average molecular weight is 504 g/mol. The van der Waals surface area contributed by atoms with E-state index in [0.29, 0.717) is 30.1 Å². The van der Waals surface area contributed by atoms with Crippen molar-refractivity contribution < 1.29 is 19.4 Å². The monoisotopic (exact) mass is 503 g/mol. The van der Waals surface area contributed by atoms with Gasteiger partial charge >= 0.3 is 0 Å². The molecule has 1 aliphatic rings. The Hall–Kier alpha value is -4.06. The molecule has 0 spiro atoms. The van der Waals surface area contributed by atoms with Gasteiger partial charge in [-0.15, -0.1) is 0 Å². The second-order valence-corrected chi connectivity index (χ2v) is 8.91. The maximum absolute atomic E-state index is 12.1. The SMILES string of the molecule is CNC(=O)[C@H]1O[C@@H](n2cnc3c(NCc4cc(C)ccc4OCc4ccccc4)ncnc32)[C@H](O)[C@@H]1N. The summed E-state index contributed by atoms with van der Waals surface area (Å²) in [6, 6.07) is 15.1. The Morgan fingerprint density at radius 2 is 2.00 bits per heavy atom. The van der Waals surface area contributed by atoms with Gasteiger partial charge in [-0.1, -0.05) is 48.0 Å². The third kappa shape index (κ3) is 4.96. The predicted molar refractivity (Wildman–Crippen MR) is 137 cm³/mol. The van der Waals surface area contributed by atoms with E-state index < -0.39 is 30.4 Å². The van der Waals surface area contributed by atoms with Gasteiger partial charge < -0.3 is 30.9 Å². The number of likely N-dealkylation sites (N-methyl/N-ethyl adjacent to an activating group) is 1. The highest BCUT2D eigenvalue weighted by molar-refractivity contribution is 5.83. The highest BCUT2D eigenvalue weighted by Crippen LogP contribution is 2.32. The fraction of sp³-hybridized carbons (Fsp3) is 0.308. The van der Waals surface area contributed by atoms with Crippen LogP contribution in [0.15, 0.2) is 61.2 Å². The number of nitrogens with two attached hydrogens (primary N) is 1. The van der Waals surface area contributed by atoms with E-state index in [1.54, 1.807) is 4.57 Å². The van der Waals surface area contributed by atoms with Crippen molar-refractivity contribution in [2.24, 2.45) is 5.73 Å². The molecule has 1 saturated heterocycles. The summed E-state index contributed by atoms with van der Waals surface area (Å²) in [5.41, 5.74) is 10.1. The fourth-order valence-corrected chi connectivity index (χ4v) is 4.37. The van der Waals surface area contributed by atoms with Crippen LogP contribution in [0, 0.1) is 6.92 Å². The zero-order valence-electron chi connectivity index (χ0n) is 20.5. The molecule has 2 aromatic heterocycles. The zero-order chi connectivity index (χ0) is 25.9. The Morgan fingerprint density at radius 1 is 1.19 bits per heavy atom. The molecule has 11 heteroatoms. The van der Waals surface area contributed by atoms with Crippen LogP contribution >= 0.6 is 0 Å². The number of aliphatic hydroxyl groups excluding tert-OH is 1. The molecular formula is C26H29N7O4. The van der Waals surface area contributed by atoms with Crippen LogP contribution < -0.4 is 21.1 Å². The molecule has 4 aromatic rings. The van der Waals surface area contributed by atoms with Crippen LogP contribution in [0.2, 0.25) is 0 Å². The lowest BCUT2D eigenvalue weighted by Gasteiger charge is -2.17. The number of benzene rings is 2. The minimum Gasteiger partial charge on any atom is -0.489 e. The first-order valence-corrected chi connectivity index (χ1v) is 11.9. The van der Waals surface area contributed by atoms with Gasteiger partial charge in [0.25, 0.3) is 5.91 Å². The van der Waals surface area contributed by atoms with E-state index in [2.05, 4.69) is 31.7 Å². The normalized spacial score (nSPS) is 21.2. The summed E-state index contributed by atoms with van der Waals surface area (Å²) >= 11 is 0. The third-order valence-electron chi connectivity index (χ3n) is 6.36. The van der Waals surface area contributed by atoms with Crippen molar-refractivity contribution in [2.75, 3.05) is 12.4 Å². The number of hydrogen-bond acceptors (Lipinski definition) is 9. The number of rotatable bonds is 8. The zero-order valence-corrected chi connectivity index (χ0v) is 20.5. The van der Waals surface area contributed by atoms with Crippen LogP contribution in [0.4, 0.5) is 5.82 Å². The Labute approximate surface area is 213 Å². The van der Waals surface area contributed by atoms with Crippen molar-refractivity contribution in [3.8, 4) is 5.75 Å². The van der Waals surface area contributed by atoms with Gasteiger partial charge in [-0.25, -0.2) is 15.0 Å². The Kier molecular flexibility index (Phi) is 6.99. The van der Waals surface area contributed by atoms with E-state index in [1.807, 2.05) is 49.4 Å². The largest absolute Gasteiger partial charge is 0.489 e. The summed E-state index contributed by atoms with van der Waals surface area (Å²) in [4.78, 5) is 25.3. The molecule has 37 heavy (non-hydrogen) atoms. The molecule has 0 aliphatic carbocycles. The number of nitrogens with zero attached hydrogens (tertiary/aromatic N) is 4. The molecular weight excluding hydrogens is 474 g/mol. The predicted octanol–water partition coefficient (Wildman–Crippen LogP) is 1.66. The van der Waals surface area contributed by atoms with Gasteiger partial charge in [0.1, 0.15) is 24.8 Å². The highest BCUT2D eigenvalue weighted by Gasteiger charge is 2.46. The lowest BCUT2D eigenvalue weighted by molar-refractivity contribution is -0.134. The van der Waals surface area contributed by atoms with Gasteiger partial charge in [-0.3, -0.25) is 9.36 Å². The number of fused-ring (bicyclic) bond motifs is 1. The van der Waals surface area contributed by atoms with Crippen molar-refractivity contribution in [1.82, 2.24) is 24.8 Å². The van der Waals surface area contributed by atoms with Gasteiger partial charge in [0.2, 0.25) is 0 Å². The van der Waals surface area contributed by atoms with Crippen molar-refractivity contribution in [2.45, 2.75) is 44.6 Å². The van der Waals surface area contributed by atoms with Gasteiger partial charge in [0, 0.05) is 19.2 Å². The number of amides is 1. The average Bonchev–Trinajstić information content (AvgIpc) is 3.48. The Morgan fingerprint density at radius 3 is 2.78 bits per heavy atom. The molecule has 1 aliphatic heterocycles. The lowest BCUT2D eigenvalue weighted by atomic mass is 10.1. The van der Waals surface area contributed by atoms with E-state index >= 15 is 0 Å². The first-order chi connectivity index (χ1) is 18.0. The third-order valence-corrected chi connectivity index (χ3v) is 6.36. The lowest BCUT2D eigenvalue weighted by Crippen LogP contribution is -2.46. The number of anilines is 1. The number of ether oxygens (including phenoxy) is 2. The second kappa shape index (κ2) is 10.5. The van der Waals surface area contributed by atoms with Crippen LogP contribution in [0.3, 0.4) is 0 Å². The van der Waals surface area contributed by atoms with E-state index in [1.165, 1.54) is 19.7 Å². The highest BCUT2D eigenvalue weighted by atomic mass is 16.5. The van der Waals surface area contributed by atoms with E-state index in [0.717, 1.165) is 22.4 Å². The molecule has 0 unspecified atom stereocenters. The number of aromatic nitrogens is 4. The number of carbonyl (C=O) groups is 1. The molecule has 192 valence electrons. The summed E-state index contributed by atoms with van der Waals surface area (Å²) in [5, 5.41) is 16.5. The molecule has 0 bridgehead atoms. The minimum atomic E-state index is -1.12. The number of aryl methyl sites for hydroxylation is 1. The molecule has 1 amide bonds. The van der Waals surface area contributed by atoms with Crippen LogP contribution in [-0.2, 0) is 22.7 Å².